The molecular weight excluding hydrogens is 288 g/mol. The Morgan fingerprint density at radius 2 is 1.82 bits per heavy atom. The number of hydrogen-bond acceptors (Lipinski definition) is 4. The molecule has 0 spiro atoms. The van der Waals surface area contributed by atoms with Gasteiger partial charge in [0.1, 0.15) is 12.1 Å². The van der Waals surface area contributed by atoms with Crippen LogP contribution in [0.3, 0.4) is 0 Å². The van der Waals surface area contributed by atoms with Crippen molar-refractivity contribution in [2.45, 2.75) is 44.9 Å². The van der Waals surface area contributed by atoms with Gasteiger partial charge in [-0.3, -0.25) is 9.59 Å². The average molecular weight is 312 g/mol. The summed E-state index contributed by atoms with van der Waals surface area (Å²) < 4.78 is 0. The van der Waals surface area contributed by atoms with Crippen LogP contribution in [0.25, 0.3) is 0 Å². The molecule has 7 heteroatoms. The highest BCUT2D eigenvalue weighted by molar-refractivity contribution is 5.94. The van der Waals surface area contributed by atoms with Crippen molar-refractivity contribution in [1.29, 1.82) is 0 Å². The third-order valence-corrected chi connectivity index (χ3v) is 3.22. The molecule has 0 saturated carbocycles. The summed E-state index contributed by atoms with van der Waals surface area (Å²) >= 11 is 0. The van der Waals surface area contributed by atoms with E-state index in [9.17, 15) is 19.5 Å². The van der Waals surface area contributed by atoms with Crippen molar-refractivity contribution >= 4 is 17.8 Å². The van der Waals surface area contributed by atoms with Gasteiger partial charge in [-0.15, -0.1) is 13.2 Å². The summed E-state index contributed by atoms with van der Waals surface area (Å²) in [4.78, 5) is 35.2. The van der Waals surface area contributed by atoms with Crippen LogP contribution in [0.15, 0.2) is 25.3 Å². The second kappa shape index (κ2) is 8.33. The Morgan fingerprint density at radius 3 is 2.14 bits per heavy atom. The van der Waals surface area contributed by atoms with Crippen molar-refractivity contribution in [3.8, 4) is 0 Å². The molecule has 0 aromatic rings. The number of aliphatic carboxylic acids is 1. The number of carboxylic acids is 1. The Morgan fingerprint density at radius 1 is 1.27 bits per heavy atom. The summed E-state index contributed by atoms with van der Waals surface area (Å²) in [6.45, 7) is 11.4. The number of aliphatic hydroxyl groups is 1. The number of nitrogens with one attached hydrogen (secondary N) is 2. The third-order valence-electron chi connectivity index (χ3n) is 3.22. The van der Waals surface area contributed by atoms with Crippen molar-refractivity contribution in [3.05, 3.63) is 25.3 Å². The largest absolute Gasteiger partial charge is 0.480 e. The van der Waals surface area contributed by atoms with Gasteiger partial charge >= 0.3 is 5.97 Å². The summed E-state index contributed by atoms with van der Waals surface area (Å²) in [5.41, 5.74) is -1.75. The number of carboxylic acid groups (broad SMARTS) is 1. The van der Waals surface area contributed by atoms with Crippen LogP contribution in [-0.2, 0) is 14.4 Å². The van der Waals surface area contributed by atoms with E-state index in [4.69, 9.17) is 5.11 Å². The zero-order chi connectivity index (χ0) is 17.5. The highest BCUT2D eigenvalue weighted by Crippen LogP contribution is 2.19. The van der Waals surface area contributed by atoms with Gasteiger partial charge in [0.15, 0.2) is 5.54 Å². The Hall–Kier alpha value is -2.15. The van der Waals surface area contributed by atoms with Gasteiger partial charge in [-0.05, 0) is 5.92 Å². The molecule has 4 N–H and O–H groups in total. The molecule has 2 unspecified atom stereocenters. The number of carbonyl (C=O) groups excluding carboxylic acids is 2. The first-order valence-corrected chi connectivity index (χ1v) is 6.86. The van der Waals surface area contributed by atoms with Crippen molar-refractivity contribution in [2.24, 2.45) is 5.92 Å². The maximum atomic E-state index is 12.6. The molecule has 0 aliphatic rings. The van der Waals surface area contributed by atoms with E-state index in [1.54, 1.807) is 13.8 Å². The Bertz CT molecular complexity index is 461. The van der Waals surface area contributed by atoms with Crippen molar-refractivity contribution < 1.29 is 24.6 Å². The first kappa shape index (κ1) is 19.9. The first-order chi connectivity index (χ1) is 10.1. The van der Waals surface area contributed by atoms with Gasteiger partial charge < -0.3 is 20.8 Å². The molecule has 0 aliphatic heterocycles. The zero-order valence-corrected chi connectivity index (χ0v) is 13.1. The maximum absolute atomic E-state index is 12.6. The molecule has 0 heterocycles. The lowest BCUT2D eigenvalue weighted by atomic mass is 9.86. The standard InChI is InChI=1S/C15H24N2O5/c1-6-8-15(11(19)7-2,17-10(5)18)14(22)16-12(9(3)4)13(20)21/h6-7,9,11-12,19H,1-2,8H2,3-5H3,(H,16,22)(H,17,18)(H,20,21)/t11?,12-,15?/m0/s1. The molecule has 0 rings (SSSR count). The first-order valence-electron chi connectivity index (χ1n) is 6.86. The molecule has 0 aromatic heterocycles. The van der Waals surface area contributed by atoms with E-state index in [-0.39, 0.29) is 12.3 Å². The minimum absolute atomic E-state index is 0.0873. The molecule has 0 aromatic carbocycles. The van der Waals surface area contributed by atoms with Gasteiger partial charge in [0, 0.05) is 13.3 Å². The highest BCUT2D eigenvalue weighted by atomic mass is 16.4. The number of aliphatic hydroxyl groups excluding tert-OH is 1. The quantitative estimate of drug-likeness (QED) is 0.454. The topological polar surface area (TPSA) is 116 Å². The molecule has 0 aliphatic carbocycles. The zero-order valence-electron chi connectivity index (χ0n) is 13.1. The van der Waals surface area contributed by atoms with Crippen LogP contribution >= 0.6 is 0 Å². The smallest absolute Gasteiger partial charge is 0.326 e. The van der Waals surface area contributed by atoms with Crippen LogP contribution in [0.2, 0.25) is 0 Å². The normalized spacial score (nSPS) is 16.0. The van der Waals surface area contributed by atoms with Crippen LogP contribution in [0.1, 0.15) is 27.2 Å². The molecule has 2 amide bonds. The van der Waals surface area contributed by atoms with Crippen molar-refractivity contribution in [1.82, 2.24) is 10.6 Å². The van der Waals surface area contributed by atoms with Crippen molar-refractivity contribution in [3.63, 3.8) is 0 Å². The van der Waals surface area contributed by atoms with E-state index >= 15 is 0 Å². The van der Waals surface area contributed by atoms with E-state index in [1.165, 1.54) is 13.0 Å². The molecule has 0 radical (unpaired) electrons. The fourth-order valence-electron chi connectivity index (χ4n) is 2.06. The summed E-state index contributed by atoms with van der Waals surface area (Å²) in [5, 5.41) is 24.0. The monoisotopic (exact) mass is 312 g/mol. The molecule has 124 valence electrons. The fourth-order valence-corrected chi connectivity index (χ4v) is 2.06. The number of hydrogen-bond donors (Lipinski definition) is 4. The van der Waals surface area contributed by atoms with Gasteiger partial charge in [0.2, 0.25) is 11.8 Å². The fraction of sp³-hybridized carbons (Fsp3) is 0.533. The summed E-state index contributed by atoms with van der Waals surface area (Å²) in [7, 11) is 0. The van der Waals surface area contributed by atoms with Gasteiger partial charge in [-0.25, -0.2) is 4.79 Å². The second-order valence-electron chi connectivity index (χ2n) is 5.36. The van der Waals surface area contributed by atoms with Gasteiger partial charge in [-0.2, -0.15) is 0 Å². The minimum atomic E-state index is -1.75. The second-order valence-corrected chi connectivity index (χ2v) is 5.36. The van der Waals surface area contributed by atoms with Gasteiger partial charge in [0.05, 0.1) is 0 Å². The molecule has 22 heavy (non-hydrogen) atoms. The van der Waals surface area contributed by atoms with Crippen LogP contribution in [-0.4, -0.2) is 45.7 Å². The summed E-state index contributed by atoms with van der Waals surface area (Å²) in [5.74, 6) is -2.93. The van der Waals surface area contributed by atoms with E-state index < -0.39 is 35.5 Å². The Balaban J connectivity index is 5.68. The average Bonchev–Trinajstić information content (AvgIpc) is 2.41. The lowest BCUT2D eigenvalue weighted by molar-refractivity contribution is -0.146. The van der Waals surface area contributed by atoms with E-state index in [1.807, 2.05) is 0 Å². The number of amides is 2. The lowest BCUT2D eigenvalue weighted by Crippen LogP contribution is -2.66. The minimum Gasteiger partial charge on any atom is -0.480 e. The van der Waals surface area contributed by atoms with Gasteiger partial charge in [0.25, 0.3) is 0 Å². The van der Waals surface area contributed by atoms with E-state index in [0.717, 1.165) is 6.08 Å². The van der Waals surface area contributed by atoms with E-state index in [2.05, 4.69) is 23.8 Å². The Kier molecular flexibility index (Phi) is 7.52. The van der Waals surface area contributed by atoms with Crippen LogP contribution < -0.4 is 10.6 Å². The highest BCUT2D eigenvalue weighted by Gasteiger charge is 2.45. The lowest BCUT2D eigenvalue weighted by Gasteiger charge is -2.36. The van der Waals surface area contributed by atoms with Crippen molar-refractivity contribution in [2.75, 3.05) is 0 Å². The molecule has 0 bridgehead atoms. The summed E-state index contributed by atoms with van der Waals surface area (Å²) in [6.07, 6.45) is 0.962. The third kappa shape index (κ3) is 4.70. The molecule has 0 fully saturated rings. The summed E-state index contributed by atoms with van der Waals surface area (Å²) in [6, 6.07) is -1.15. The molecule has 3 atom stereocenters. The van der Waals surface area contributed by atoms with Crippen LogP contribution in [0, 0.1) is 5.92 Å². The SMILES string of the molecule is C=CCC(NC(C)=O)(C(=O)N[C@H](C(=O)O)C(C)C)C(O)C=C. The van der Waals surface area contributed by atoms with Crippen LogP contribution in [0.5, 0.6) is 0 Å². The van der Waals surface area contributed by atoms with Crippen LogP contribution in [0.4, 0.5) is 0 Å². The predicted molar refractivity (Wildman–Crippen MR) is 82.0 cm³/mol. The number of rotatable bonds is 9. The maximum Gasteiger partial charge on any atom is 0.326 e. The predicted octanol–water partition coefficient (Wildman–Crippen LogP) is 0.210. The molecular formula is C15H24N2O5. The molecule has 0 saturated heterocycles. The Labute approximate surface area is 130 Å². The van der Waals surface area contributed by atoms with E-state index in [0.29, 0.717) is 0 Å². The molecule has 7 nitrogen and oxygen atoms in total. The van der Waals surface area contributed by atoms with Gasteiger partial charge in [-0.1, -0.05) is 26.0 Å². The number of carbonyl (C=O) groups is 3.